The van der Waals surface area contributed by atoms with Crippen molar-refractivity contribution in [3.8, 4) is 0 Å². The summed E-state index contributed by atoms with van der Waals surface area (Å²) in [6.45, 7) is 3.75. The molecule has 0 heterocycles. The van der Waals surface area contributed by atoms with Crippen molar-refractivity contribution in [2.75, 3.05) is 30.8 Å². The van der Waals surface area contributed by atoms with Crippen molar-refractivity contribution < 1.29 is 18.4 Å². The number of benzene rings is 2. The van der Waals surface area contributed by atoms with Crippen LogP contribution in [0.5, 0.6) is 0 Å². The Bertz CT molecular complexity index is 804. The maximum atomic E-state index is 13.1. The zero-order valence-corrected chi connectivity index (χ0v) is 14.9. The summed E-state index contributed by atoms with van der Waals surface area (Å²) in [6, 6.07) is 8.83. The summed E-state index contributed by atoms with van der Waals surface area (Å²) < 4.78 is 26.0. The number of hydrogen-bond donors (Lipinski definition) is 2. The molecule has 0 atom stereocenters. The number of carbonyl (C=O) groups excluding carboxylic acids is 2. The number of carbonyl (C=O) groups is 2. The van der Waals surface area contributed by atoms with Gasteiger partial charge in [-0.25, -0.2) is 8.78 Å². The molecule has 2 rings (SSSR count). The molecule has 138 valence electrons. The summed E-state index contributed by atoms with van der Waals surface area (Å²) >= 11 is 0. The van der Waals surface area contributed by atoms with Gasteiger partial charge in [0, 0.05) is 17.4 Å². The minimum Gasteiger partial charge on any atom is -0.325 e. The fraction of sp³-hybridized carbons (Fsp3) is 0.263. The standard InChI is InChI=1S/C19H21F2N3O2/c1-12-5-4-6-13(2)19(12)23-18(26)11-24(3)10-17(25)22-14-7-8-15(20)16(21)9-14/h4-9H,10-11H2,1-3H3,(H,22,25)(H,23,26). The number of hydrogen-bond acceptors (Lipinski definition) is 3. The lowest BCUT2D eigenvalue weighted by atomic mass is 10.1. The number of amides is 2. The third kappa shape index (κ3) is 5.35. The van der Waals surface area contributed by atoms with Crippen LogP contribution in [0, 0.1) is 25.5 Å². The summed E-state index contributed by atoms with van der Waals surface area (Å²) in [7, 11) is 1.62. The topological polar surface area (TPSA) is 61.4 Å². The Hall–Kier alpha value is -2.80. The number of halogens is 2. The molecule has 0 aliphatic heterocycles. The van der Waals surface area contributed by atoms with E-state index in [1.54, 1.807) is 7.05 Å². The van der Waals surface area contributed by atoms with Crippen LogP contribution in [0.25, 0.3) is 0 Å². The fourth-order valence-corrected chi connectivity index (χ4v) is 2.51. The molecule has 7 heteroatoms. The molecule has 0 saturated heterocycles. The van der Waals surface area contributed by atoms with Crippen LogP contribution in [-0.4, -0.2) is 36.9 Å². The Morgan fingerprint density at radius 1 is 0.923 bits per heavy atom. The number of aryl methyl sites for hydroxylation is 2. The predicted molar refractivity (Wildman–Crippen MR) is 97.0 cm³/mol. The molecule has 0 aliphatic carbocycles. The Morgan fingerprint density at radius 3 is 2.08 bits per heavy atom. The van der Waals surface area contributed by atoms with Crippen molar-refractivity contribution in [1.82, 2.24) is 4.90 Å². The van der Waals surface area contributed by atoms with E-state index in [0.717, 1.165) is 28.9 Å². The average molecular weight is 361 g/mol. The van der Waals surface area contributed by atoms with E-state index in [2.05, 4.69) is 10.6 Å². The fourth-order valence-electron chi connectivity index (χ4n) is 2.51. The van der Waals surface area contributed by atoms with Gasteiger partial charge in [0.2, 0.25) is 11.8 Å². The van der Waals surface area contributed by atoms with Crippen molar-refractivity contribution in [3.05, 3.63) is 59.2 Å². The highest BCUT2D eigenvalue weighted by Crippen LogP contribution is 2.19. The van der Waals surface area contributed by atoms with Crippen LogP contribution in [0.4, 0.5) is 20.2 Å². The second-order valence-electron chi connectivity index (χ2n) is 6.16. The van der Waals surface area contributed by atoms with Gasteiger partial charge in [0.05, 0.1) is 13.1 Å². The quantitative estimate of drug-likeness (QED) is 0.831. The van der Waals surface area contributed by atoms with Crippen LogP contribution in [0.1, 0.15) is 11.1 Å². The highest BCUT2D eigenvalue weighted by Gasteiger charge is 2.13. The highest BCUT2D eigenvalue weighted by molar-refractivity contribution is 5.95. The first-order chi connectivity index (χ1) is 12.3. The van der Waals surface area contributed by atoms with Gasteiger partial charge < -0.3 is 10.6 Å². The second-order valence-corrected chi connectivity index (χ2v) is 6.16. The number of para-hydroxylation sites is 1. The maximum absolute atomic E-state index is 13.1. The molecule has 0 aromatic heterocycles. The monoisotopic (exact) mass is 361 g/mol. The van der Waals surface area contributed by atoms with Gasteiger partial charge in [-0.05, 0) is 44.2 Å². The molecule has 0 fully saturated rings. The molecule has 26 heavy (non-hydrogen) atoms. The van der Waals surface area contributed by atoms with Gasteiger partial charge in [-0.1, -0.05) is 18.2 Å². The van der Waals surface area contributed by atoms with E-state index in [1.807, 2.05) is 32.0 Å². The number of anilines is 2. The van der Waals surface area contributed by atoms with Crippen molar-refractivity contribution in [2.24, 2.45) is 0 Å². The van der Waals surface area contributed by atoms with Gasteiger partial charge >= 0.3 is 0 Å². The first kappa shape index (κ1) is 19.5. The van der Waals surface area contributed by atoms with E-state index in [0.29, 0.717) is 0 Å². The summed E-state index contributed by atoms with van der Waals surface area (Å²) in [6.07, 6.45) is 0. The molecular weight excluding hydrogens is 340 g/mol. The van der Waals surface area contributed by atoms with Crippen LogP contribution in [-0.2, 0) is 9.59 Å². The van der Waals surface area contributed by atoms with Crippen LogP contribution in [0.2, 0.25) is 0 Å². The molecule has 0 saturated carbocycles. The molecule has 0 unspecified atom stereocenters. The van der Waals surface area contributed by atoms with E-state index in [4.69, 9.17) is 0 Å². The van der Waals surface area contributed by atoms with Crippen molar-refractivity contribution >= 4 is 23.2 Å². The summed E-state index contributed by atoms with van der Waals surface area (Å²) in [5.74, 6) is -2.70. The number of rotatable bonds is 6. The van der Waals surface area contributed by atoms with Gasteiger partial charge in [0.25, 0.3) is 0 Å². The minimum absolute atomic E-state index is 0.0129. The van der Waals surface area contributed by atoms with Crippen molar-refractivity contribution in [2.45, 2.75) is 13.8 Å². The first-order valence-corrected chi connectivity index (χ1v) is 8.06. The van der Waals surface area contributed by atoms with E-state index in [9.17, 15) is 18.4 Å². The molecule has 5 nitrogen and oxygen atoms in total. The molecule has 0 aliphatic rings. The van der Waals surface area contributed by atoms with E-state index in [-0.39, 0.29) is 24.7 Å². The van der Waals surface area contributed by atoms with Crippen LogP contribution >= 0.6 is 0 Å². The zero-order chi connectivity index (χ0) is 19.3. The molecule has 2 aromatic rings. The molecule has 0 bridgehead atoms. The van der Waals surface area contributed by atoms with E-state index >= 15 is 0 Å². The lowest BCUT2D eigenvalue weighted by Crippen LogP contribution is -2.36. The minimum atomic E-state index is -1.04. The Morgan fingerprint density at radius 2 is 1.50 bits per heavy atom. The zero-order valence-electron chi connectivity index (χ0n) is 14.9. The molecule has 2 aromatic carbocycles. The van der Waals surface area contributed by atoms with Crippen LogP contribution in [0.15, 0.2) is 36.4 Å². The van der Waals surface area contributed by atoms with Crippen molar-refractivity contribution in [3.63, 3.8) is 0 Å². The third-order valence-electron chi connectivity index (χ3n) is 3.78. The number of likely N-dealkylation sites (N-methyl/N-ethyl adjacent to an activating group) is 1. The predicted octanol–water partition coefficient (Wildman–Crippen LogP) is 3.09. The van der Waals surface area contributed by atoms with Gasteiger partial charge in [0.1, 0.15) is 0 Å². The molecule has 0 spiro atoms. The number of nitrogens with one attached hydrogen (secondary N) is 2. The second kappa shape index (κ2) is 8.53. The largest absolute Gasteiger partial charge is 0.325 e. The van der Waals surface area contributed by atoms with Crippen molar-refractivity contribution in [1.29, 1.82) is 0 Å². The smallest absolute Gasteiger partial charge is 0.238 e. The van der Waals surface area contributed by atoms with Crippen LogP contribution in [0.3, 0.4) is 0 Å². The van der Waals surface area contributed by atoms with Crippen LogP contribution < -0.4 is 10.6 Å². The SMILES string of the molecule is Cc1cccc(C)c1NC(=O)CN(C)CC(=O)Nc1ccc(F)c(F)c1. The van der Waals surface area contributed by atoms with Gasteiger partial charge in [-0.2, -0.15) is 0 Å². The molecule has 2 amide bonds. The molecule has 2 N–H and O–H groups in total. The summed E-state index contributed by atoms with van der Waals surface area (Å²) in [4.78, 5) is 25.7. The highest BCUT2D eigenvalue weighted by atomic mass is 19.2. The maximum Gasteiger partial charge on any atom is 0.238 e. The van der Waals surface area contributed by atoms with Gasteiger partial charge in [0.15, 0.2) is 11.6 Å². The number of nitrogens with zero attached hydrogens (tertiary/aromatic N) is 1. The lowest BCUT2D eigenvalue weighted by molar-refractivity contribution is -0.119. The first-order valence-electron chi connectivity index (χ1n) is 8.06. The lowest BCUT2D eigenvalue weighted by Gasteiger charge is -2.17. The van der Waals surface area contributed by atoms with E-state index in [1.165, 1.54) is 11.0 Å². The Labute approximate surface area is 151 Å². The Balaban J connectivity index is 1.87. The van der Waals surface area contributed by atoms with Gasteiger partial charge in [-0.15, -0.1) is 0 Å². The van der Waals surface area contributed by atoms with E-state index < -0.39 is 17.5 Å². The summed E-state index contributed by atoms with van der Waals surface area (Å²) in [5, 5.41) is 5.31. The Kier molecular flexibility index (Phi) is 6.41. The summed E-state index contributed by atoms with van der Waals surface area (Å²) in [5.41, 5.74) is 2.83. The third-order valence-corrected chi connectivity index (χ3v) is 3.78. The average Bonchev–Trinajstić information content (AvgIpc) is 2.54. The molecule has 0 radical (unpaired) electrons. The molecular formula is C19H21F2N3O2. The normalized spacial score (nSPS) is 10.7. The van der Waals surface area contributed by atoms with Gasteiger partial charge in [-0.3, -0.25) is 14.5 Å².